The minimum atomic E-state index is -0.119. The second kappa shape index (κ2) is 4.01. The molecule has 0 radical (unpaired) electrons. The highest BCUT2D eigenvalue weighted by atomic mass is 16.5. The largest absolute Gasteiger partial charge is 0.481 e. The van der Waals surface area contributed by atoms with Gasteiger partial charge in [0.15, 0.2) is 5.82 Å². The van der Waals surface area contributed by atoms with Gasteiger partial charge in [-0.15, -0.1) is 5.10 Å². The molecule has 0 saturated heterocycles. The lowest BCUT2D eigenvalue weighted by atomic mass is 10.3. The summed E-state index contributed by atoms with van der Waals surface area (Å²) in [5, 5.41) is 19.7. The third-order valence-corrected chi connectivity index (χ3v) is 1.87. The van der Waals surface area contributed by atoms with Gasteiger partial charge in [0.05, 0.1) is 13.7 Å². The van der Waals surface area contributed by atoms with Crippen molar-refractivity contribution in [2.45, 2.75) is 6.61 Å². The van der Waals surface area contributed by atoms with Crippen LogP contribution in [0, 0.1) is 0 Å². The summed E-state index contributed by atoms with van der Waals surface area (Å²) in [6.07, 6.45) is 1.43. The van der Waals surface area contributed by atoms with Crippen LogP contribution in [0.1, 0.15) is 5.56 Å². The number of pyridine rings is 1. The van der Waals surface area contributed by atoms with Crippen LogP contribution < -0.4 is 4.74 Å². The number of aliphatic hydroxyl groups excluding tert-OH is 1. The molecular formula is C8H9N5O2. The molecule has 7 heteroatoms. The van der Waals surface area contributed by atoms with Crippen molar-refractivity contribution in [1.29, 1.82) is 0 Å². The Balaban J connectivity index is 2.43. The quantitative estimate of drug-likeness (QED) is 0.734. The topological polar surface area (TPSA) is 86.0 Å². The maximum atomic E-state index is 9.00. The van der Waals surface area contributed by atoms with Crippen LogP contribution in [0.4, 0.5) is 0 Å². The second-order valence-electron chi connectivity index (χ2n) is 2.75. The molecule has 0 aliphatic heterocycles. The van der Waals surface area contributed by atoms with E-state index < -0.39 is 0 Å². The molecule has 0 spiro atoms. The molecule has 78 valence electrons. The minimum absolute atomic E-state index is 0.119. The number of hydrogen-bond acceptors (Lipinski definition) is 6. The van der Waals surface area contributed by atoms with Gasteiger partial charge >= 0.3 is 0 Å². The predicted molar refractivity (Wildman–Crippen MR) is 49.4 cm³/mol. The fourth-order valence-electron chi connectivity index (χ4n) is 1.15. The monoisotopic (exact) mass is 207 g/mol. The number of rotatable bonds is 3. The van der Waals surface area contributed by atoms with Gasteiger partial charge in [-0.05, 0) is 22.6 Å². The van der Waals surface area contributed by atoms with Crippen LogP contribution in [-0.4, -0.2) is 37.4 Å². The van der Waals surface area contributed by atoms with Crippen molar-refractivity contribution >= 4 is 0 Å². The Morgan fingerprint density at radius 3 is 2.93 bits per heavy atom. The molecule has 15 heavy (non-hydrogen) atoms. The first-order valence-corrected chi connectivity index (χ1v) is 4.23. The van der Waals surface area contributed by atoms with Gasteiger partial charge in [0.25, 0.3) is 0 Å². The van der Waals surface area contributed by atoms with Crippen LogP contribution in [0.25, 0.3) is 5.82 Å². The fraction of sp³-hybridized carbons (Fsp3) is 0.250. The summed E-state index contributed by atoms with van der Waals surface area (Å²) in [7, 11) is 1.49. The molecule has 0 fully saturated rings. The lowest BCUT2D eigenvalue weighted by molar-refractivity contribution is 0.271. The SMILES string of the molecule is COc1nc(-n2cnnn2)ccc1CO. The highest BCUT2D eigenvalue weighted by Gasteiger charge is 2.06. The summed E-state index contributed by atoms with van der Waals surface area (Å²) in [5.41, 5.74) is 0.620. The zero-order valence-corrected chi connectivity index (χ0v) is 8.03. The van der Waals surface area contributed by atoms with Crippen molar-refractivity contribution in [3.05, 3.63) is 24.0 Å². The van der Waals surface area contributed by atoms with Crippen LogP contribution in [-0.2, 0) is 6.61 Å². The van der Waals surface area contributed by atoms with E-state index in [0.717, 1.165) is 0 Å². The Labute approximate surface area is 85.3 Å². The highest BCUT2D eigenvalue weighted by Crippen LogP contribution is 2.16. The van der Waals surface area contributed by atoms with Gasteiger partial charge in [-0.25, -0.2) is 0 Å². The Hall–Kier alpha value is -2.02. The van der Waals surface area contributed by atoms with E-state index in [2.05, 4.69) is 20.5 Å². The number of aromatic nitrogens is 5. The molecule has 2 aromatic rings. The van der Waals surface area contributed by atoms with Crippen LogP contribution in [0.3, 0.4) is 0 Å². The summed E-state index contributed by atoms with van der Waals surface area (Å²) in [4.78, 5) is 4.14. The van der Waals surface area contributed by atoms with Crippen molar-refractivity contribution in [1.82, 2.24) is 25.2 Å². The van der Waals surface area contributed by atoms with Gasteiger partial charge in [0.2, 0.25) is 5.88 Å². The van der Waals surface area contributed by atoms with Crippen LogP contribution in [0.5, 0.6) is 5.88 Å². The van der Waals surface area contributed by atoms with Gasteiger partial charge in [-0.2, -0.15) is 9.67 Å². The summed E-state index contributed by atoms with van der Waals surface area (Å²) in [5.74, 6) is 0.902. The summed E-state index contributed by atoms with van der Waals surface area (Å²) in [6, 6.07) is 3.41. The Bertz CT molecular complexity index is 442. The van der Waals surface area contributed by atoms with E-state index in [1.54, 1.807) is 12.1 Å². The van der Waals surface area contributed by atoms with Crippen molar-refractivity contribution in [3.63, 3.8) is 0 Å². The number of ether oxygens (including phenoxy) is 1. The van der Waals surface area contributed by atoms with Gasteiger partial charge in [-0.3, -0.25) is 0 Å². The molecule has 2 aromatic heterocycles. The molecule has 7 nitrogen and oxygen atoms in total. The van der Waals surface area contributed by atoms with E-state index in [0.29, 0.717) is 17.3 Å². The van der Waals surface area contributed by atoms with Crippen LogP contribution >= 0.6 is 0 Å². The summed E-state index contributed by atoms with van der Waals surface area (Å²) >= 11 is 0. The minimum Gasteiger partial charge on any atom is -0.481 e. The van der Waals surface area contributed by atoms with Gasteiger partial charge in [0, 0.05) is 5.56 Å². The number of hydrogen-bond donors (Lipinski definition) is 1. The molecule has 0 bridgehead atoms. The lowest BCUT2D eigenvalue weighted by Crippen LogP contribution is -2.02. The van der Waals surface area contributed by atoms with Gasteiger partial charge in [0.1, 0.15) is 6.33 Å². The molecule has 0 amide bonds. The zero-order valence-electron chi connectivity index (χ0n) is 8.03. The van der Waals surface area contributed by atoms with Crippen LogP contribution in [0.15, 0.2) is 18.5 Å². The zero-order chi connectivity index (χ0) is 10.7. The lowest BCUT2D eigenvalue weighted by Gasteiger charge is -2.06. The van der Waals surface area contributed by atoms with Gasteiger partial charge < -0.3 is 9.84 Å². The molecule has 0 aliphatic rings. The molecule has 0 aliphatic carbocycles. The van der Waals surface area contributed by atoms with E-state index in [-0.39, 0.29) is 6.61 Å². The first-order chi connectivity index (χ1) is 7.35. The normalized spacial score (nSPS) is 10.3. The maximum Gasteiger partial charge on any atom is 0.220 e. The fourth-order valence-corrected chi connectivity index (χ4v) is 1.15. The molecule has 0 saturated carbocycles. The number of nitrogens with zero attached hydrogens (tertiary/aromatic N) is 5. The predicted octanol–water partition coefficient (Wildman–Crippen LogP) is -0.442. The van der Waals surface area contributed by atoms with Crippen molar-refractivity contribution in [2.24, 2.45) is 0 Å². The smallest absolute Gasteiger partial charge is 0.220 e. The molecule has 0 atom stereocenters. The van der Waals surface area contributed by atoms with E-state index >= 15 is 0 Å². The highest BCUT2D eigenvalue weighted by molar-refractivity contribution is 5.33. The van der Waals surface area contributed by atoms with E-state index in [1.165, 1.54) is 18.1 Å². The third-order valence-electron chi connectivity index (χ3n) is 1.87. The molecular weight excluding hydrogens is 198 g/mol. The van der Waals surface area contributed by atoms with Crippen molar-refractivity contribution < 1.29 is 9.84 Å². The summed E-state index contributed by atoms with van der Waals surface area (Å²) < 4.78 is 6.43. The van der Waals surface area contributed by atoms with Crippen molar-refractivity contribution in [3.8, 4) is 11.7 Å². The molecule has 1 N–H and O–H groups in total. The van der Waals surface area contributed by atoms with E-state index in [4.69, 9.17) is 9.84 Å². The average Bonchev–Trinajstić information content (AvgIpc) is 2.81. The number of tetrazole rings is 1. The number of methoxy groups -OCH3 is 1. The first-order valence-electron chi connectivity index (χ1n) is 4.23. The van der Waals surface area contributed by atoms with E-state index in [9.17, 15) is 0 Å². The first kappa shape index (κ1) is 9.53. The average molecular weight is 207 g/mol. The Morgan fingerprint density at radius 1 is 1.47 bits per heavy atom. The molecule has 2 heterocycles. The Morgan fingerprint density at radius 2 is 2.33 bits per heavy atom. The molecule has 0 aromatic carbocycles. The molecule has 2 rings (SSSR count). The third kappa shape index (κ3) is 1.77. The van der Waals surface area contributed by atoms with Crippen LogP contribution in [0.2, 0.25) is 0 Å². The number of aliphatic hydroxyl groups is 1. The second-order valence-corrected chi connectivity index (χ2v) is 2.75. The Kier molecular flexibility index (Phi) is 2.55. The standard InChI is InChI=1S/C8H9N5O2/c1-15-8-6(4-14)2-3-7(10-8)13-5-9-11-12-13/h2-3,5,14H,4H2,1H3. The van der Waals surface area contributed by atoms with Crippen molar-refractivity contribution in [2.75, 3.05) is 7.11 Å². The molecule has 0 unspecified atom stereocenters. The van der Waals surface area contributed by atoms with E-state index in [1.807, 2.05) is 0 Å². The summed E-state index contributed by atoms with van der Waals surface area (Å²) in [6.45, 7) is -0.119. The van der Waals surface area contributed by atoms with Gasteiger partial charge in [-0.1, -0.05) is 0 Å². The maximum absolute atomic E-state index is 9.00.